The van der Waals surface area contributed by atoms with Crippen molar-refractivity contribution in [1.29, 1.82) is 0 Å². The standard InChI is InChI=1S/C19H21F4N3O2/c1-24-19(25-9-8-12-4-3-5-15(20)17(12)21)26-11-13-10-14(27-2)6-7-16(13)28-18(22)23/h3-7,10,18H,8-9,11H2,1-2H3,(H2,24,25,26). The largest absolute Gasteiger partial charge is 0.497 e. The summed E-state index contributed by atoms with van der Waals surface area (Å²) in [6.07, 6.45) is 0.239. The molecule has 0 amide bonds. The number of alkyl halides is 2. The van der Waals surface area contributed by atoms with Gasteiger partial charge in [-0.05, 0) is 36.2 Å². The number of benzene rings is 2. The molecule has 0 aliphatic carbocycles. The van der Waals surface area contributed by atoms with Crippen molar-refractivity contribution in [3.05, 3.63) is 59.2 Å². The molecule has 0 aliphatic rings. The Kier molecular flexibility index (Phi) is 7.91. The molecule has 0 spiro atoms. The van der Waals surface area contributed by atoms with Crippen LogP contribution in [-0.4, -0.2) is 33.3 Å². The molecule has 0 fully saturated rings. The Labute approximate surface area is 160 Å². The summed E-state index contributed by atoms with van der Waals surface area (Å²) in [4.78, 5) is 4.01. The van der Waals surface area contributed by atoms with Crippen molar-refractivity contribution in [3.8, 4) is 11.5 Å². The molecule has 0 saturated heterocycles. The smallest absolute Gasteiger partial charge is 0.387 e. The number of hydrogen-bond donors (Lipinski definition) is 2. The lowest BCUT2D eigenvalue weighted by Gasteiger charge is -2.15. The zero-order valence-electron chi connectivity index (χ0n) is 15.4. The maximum Gasteiger partial charge on any atom is 0.387 e. The Bertz CT molecular complexity index is 816. The van der Waals surface area contributed by atoms with Crippen molar-refractivity contribution < 1.29 is 27.0 Å². The summed E-state index contributed by atoms with van der Waals surface area (Å²) >= 11 is 0. The van der Waals surface area contributed by atoms with Crippen LogP contribution in [0.2, 0.25) is 0 Å². The average Bonchev–Trinajstić information content (AvgIpc) is 2.68. The van der Waals surface area contributed by atoms with Crippen molar-refractivity contribution in [1.82, 2.24) is 10.6 Å². The van der Waals surface area contributed by atoms with Gasteiger partial charge in [-0.15, -0.1) is 0 Å². The second kappa shape index (κ2) is 10.4. The average molecular weight is 399 g/mol. The van der Waals surface area contributed by atoms with Crippen molar-refractivity contribution in [2.45, 2.75) is 19.6 Å². The van der Waals surface area contributed by atoms with Gasteiger partial charge in [0, 0.05) is 25.7 Å². The van der Waals surface area contributed by atoms with E-state index in [-0.39, 0.29) is 24.3 Å². The van der Waals surface area contributed by atoms with Crippen molar-refractivity contribution in [3.63, 3.8) is 0 Å². The minimum atomic E-state index is -2.95. The summed E-state index contributed by atoms with van der Waals surface area (Å²) in [6.45, 7) is -2.53. The second-order valence-corrected chi connectivity index (χ2v) is 5.67. The van der Waals surface area contributed by atoms with Gasteiger partial charge < -0.3 is 20.1 Å². The molecule has 152 valence electrons. The minimum Gasteiger partial charge on any atom is -0.497 e. The fraction of sp³-hybridized carbons (Fsp3) is 0.316. The van der Waals surface area contributed by atoms with Crippen molar-refractivity contribution in [2.24, 2.45) is 4.99 Å². The molecular formula is C19H21F4N3O2. The van der Waals surface area contributed by atoms with Gasteiger partial charge in [-0.3, -0.25) is 4.99 Å². The first kappa shape index (κ1) is 21.3. The molecule has 0 aliphatic heterocycles. The third-order valence-electron chi connectivity index (χ3n) is 3.87. The molecule has 9 heteroatoms. The van der Waals surface area contributed by atoms with E-state index in [0.29, 0.717) is 23.8 Å². The molecule has 0 aromatic heterocycles. The highest BCUT2D eigenvalue weighted by Gasteiger charge is 2.12. The molecule has 0 heterocycles. The van der Waals surface area contributed by atoms with Gasteiger partial charge in [0.1, 0.15) is 11.5 Å². The summed E-state index contributed by atoms with van der Waals surface area (Å²) in [7, 11) is 2.99. The van der Waals surface area contributed by atoms with Crippen LogP contribution in [0.5, 0.6) is 11.5 Å². The van der Waals surface area contributed by atoms with Crippen molar-refractivity contribution >= 4 is 5.96 Å². The van der Waals surface area contributed by atoms with Crippen LogP contribution in [0.25, 0.3) is 0 Å². The molecule has 0 radical (unpaired) electrons. The van der Waals surface area contributed by atoms with Crippen LogP contribution in [-0.2, 0) is 13.0 Å². The van der Waals surface area contributed by atoms with E-state index in [9.17, 15) is 17.6 Å². The monoisotopic (exact) mass is 399 g/mol. The molecule has 0 unspecified atom stereocenters. The number of halogens is 4. The Morgan fingerprint density at radius 1 is 1.11 bits per heavy atom. The fourth-order valence-electron chi connectivity index (χ4n) is 2.49. The van der Waals surface area contributed by atoms with E-state index in [4.69, 9.17) is 4.74 Å². The maximum atomic E-state index is 13.7. The number of methoxy groups -OCH3 is 1. The summed E-state index contributed by atoms with van der Waals surface area (Å²) in [6, 6.07) is 8.47. The Hall–Kier alpha value is -2.97. The number of guanidine groups is 1. The van der Waals surface area contributed by atoms with Gasteiger partial charge in [-0.2, -0.15) is 8.78 Å². The van der Waals surface area contributed by atoms with Gasteiger partial charge in [0.25, 0.3) is 0 Å². The van der Waals surface area contributed by atoms with E-state index in [1.165, 1.54) is 38.4 Å². The number of hydrogen-bond acceptors (Lipinski definition) is 3. The molecule has 2 aromatic carbocycles. The van der Waals surface area contributed by atoms with Gasteiger partial charge in [0.05, 0.1) is 7.11 Å². The fourth-order valence-corrected chi connectivity index (χ4v) is 2.49. The topological polar surface area (TPSA) is 54.9 Å². The summed E-state index contributed by atoms with van der Waals surface area (Å²) in [5.74, 6) is -0.909. The van der Waals surface area contributed by atoms with E-state index in [0.717, 1.165) is 6.07 Å². The molecule has 0 bridgehead atoms. The Morgan fingerprint density at radius 2 is 1.89 bits per heavy atom. The van der Waals surface area contributed by atoms with Crippen LogP contribution < -0.4 is 20.1 Å². The summed E-state index contributed by atoms with van der Waals surface area (Å²) in [5.41, 5.74) is 0.683. The first-order valence-electron chi connectivity index (χ1n) is 8.43. The number of nitrogens with one attached hydrogen (secondary N) is 2. The third kappa shape index (κ3) is 6.04. The van der Waals surface area contributed by atoms with E-state index in [2.05, 4.69) is 20.4 Å². The number of ether oxygens (including phenoxy) is 2. The quantitative estimate of drug-likeness (QED) is 0.405. The highest BCUT2D eigenvalue weighted by Crippen LogP contribution is 2.25. The molecule has 2 N–H and O–H groups in total. The first-order chi connectivity index (χ1) is 13.4. The predicted octanol–water partition coefficient (Wildman–Crippen LogP) is 3.48. The minimum absolute atomic E-state index is 0.0144. The van der Waals surface area contributed by atoms with E-state index < -0.39 is 18.2 Å². The molecule has 0 saturated carbocycles. The lowest BCUT2D eigenvalue weighted by atomic mass is 10.1. The summed E-state index contributed by atoms with van der Waals surface area (Å²) < 4.78 is 61.6. The highest BCUT2D eigenvalue weighted by atomic mass is 19.3. The Morgan fingerprint density at radius 3 is 2.57 bits per heavy atom. The zero-order valence-corrected chi connectivity index (χ0v) is 15.4. The van der Waals surface area contributed by atoms with Gasteiger partial charge in [-0.1, -0.05) is 12.1 Å². The van der Waals surface area contributed by atoms with Crippen molar-refractivity contribution in [2.75, 3.05) is 20.7 Å². The number of rotatable bonds is 8. The van der Waals surface area contributed by atoms with E-state index >= 15 is 0 Å². The first-order valence-corrected chi connectivity index (χ1v) is 8.43. The molecule has 28 heavy (non-hydrogen) atoms. The van der Waals surface area contributed by atoms with E-state index in [1.807, 2.05) is 0 Å². The van der Waals surface area contributed by atoms with Gasteiger partial charge in [0.15, 0.2) is 17.6 Å². The van der Waals surface area contributed by atoms with Crippen LogP contribution in [0.15, 0.2) is 41.4 Å². The molecule has 5 nitrogen and oxygen atoms in total. The van der Waals surface area contributed by atoms with Gasteiger partial charge in [-0.25, -0.2) is 8.78 Å². The summed E-state index contributed by atoms with van der Waals surface area (Å²) in [5, 5.41) is 5.91. The molecular weight excluding hydrogens is 378 g/mol. The van der Waals surface area contributed by atoms with Gasteiger partial charge >= 0.3 is 6.61 Å². The van der Waals surface area contributed by atoms with E-state index in [1.54, 1.807) is 6.07 Å². The maximum absolute atomic E-state index is 13.7. The highest BCUT2D eigenvalue weighted by molar-refractivity contribution is 5.79. The van der Waals surface area contributed by atoms with Crippen LogP contribution in [0, 0.1) is 11.6 Å². The third-order valence-corrected chi connectivity index (χ3v) is 3.87. The van der Waals surface area contributed by atoms with Crippen LogP contribution in [0.4, 0.5) is 17.6 Å². The van der Waals surface area contributed by atoms with Crippen LogP contribution >= 0.6 is 0 Å². The molecule has 2 rings (SSSR count). The zero-order chi connectivity index (χ0) is 20.5. The number of nitrogens with zero attached hydrogens (tertiary/aromatic N) is 1. The second-order valence-electron chi connectivity index (χ2n) is 5.67. The van der Waals surface area contributed by atoms with Crippen LogP contribution in [0.3, 0.4) is 0 Å². The normalized spacial score (nSPS) is 11.5. The van der Waals surface area contributed by atoms with Gasteiger partial charge in [0.2, 0.25) is 0 Å². The lowest BCUT2D eigenvalue weighted by Crippen LogP contribution is -2.38. The molecule has 0 atom stereocenters. The lowest BCUT2D eigenvalue weighted by molar-refractivity contribution is -0.0504. The van der Waals surface area contributed by atoms with Crippen LogP contribution in [0.1, 0.15) is 11.1 Å². The number of aliphatic imine (C=N–C) groups is 1. The predicted molar refractivity (Wildman–Crippen MR) is 97.9 cm³/mol. The SMILES string of the molecule is CN=C(NCCc1cccc(F)c1F)NCc1cc(OC)ccc1OC(F)F. The Balaban J connectivity index is 1.95. The molecule has 2 aromatic rings.